The molecule has 0 atom stereocenters. The molecule has 1 aromatic rings. The molecule has 2 rings (SSSR count). The van der Waals surface area contributed by atoms with Crippen molar-refractivity contribution in [2.24, 2.45) is 0 Å². The highest BCUT2D eigenvalue weighted by atomic mass is 16.5. The van der Waals surface area contributed by atoms with E-state index < -0.39 is 0 Å². The summed E-state index contributed by atoms with van der Waals surface area (Å²) in [5.74, 6) is 2.98. The molecule has 0 radical (unpaired) electrons. The summed E-state index contributed by atoms with van der Waals surface area (Å²) < 4.78 is 5.57. The Morgan fingerprint density at radius 2 is 2.29 bits per heavy atom. The van der Waals surface area contributed by atoms with Gasteiger partial charge in [-0.2, -0.15) is 4.98 Å². The van der Waals surface area contributed by atoms with E-state index in [1.807, 2.05) is 25.1 Å². The van der Waals surface area contributed by atoms with Crippen LogP contribution in [0.5, 0.6) is 5.88 Å². The van der Waals surface area contributed by atoms with Gasteiger partial charge in [0.05, 0.1) is 0 Å². The van der Waals surface area contributed by atoms with E-state index in [0.29, 0.717) is 18.4 Å². The summed E-state index contributed by atoms with van der Waals surface area (Å²) in [6.07, 6.45) is 6.33. The van der Waals surface area contributed by atoms with Gasteiger partial charge in [-0.05, 0) is 26.7 Å². The first-order valence-electron chi connectivity index (χ1n) is 6.20. The van der Waals surface area contributed by atoms with Crippen LogP contribution in [0, 0.1) is 0 Å². The summed E-state index contributed by atoms with van der Waals surface area (Å²) in [7, 11) is 0. The van der Waals surface area contributed by atoms with Gasteiger partial charge in [0.1, 0.15) is 18.2 Å². The summed E-state index contributed by atoms with van der Waals surface area (Å²) in [5, 5.41) is 3.21. The molecule has 0 spiro atoms. The first kappa shape index (κ1) is 11.9. The quantitative estimate of drug-likeness (QED) is 0.767. The van der Waals surface area contributed by atoms with E-state index in [2.05, 4.69) is 22.2 Å². The smallest absolute Gasteiger partial charge is 0.219 e. The van der Waals surface area contributed by atoms with Crippen molar-refractivity contribution < 1.29 is 4.74 Å². The second-order valence-electron chi connectivity index (χ2n) is 4.13. The zero-order valence-electron chi connectivity index (χ0n) is 10.4. The van der Waals surface area contributed by atoms with Crippen LogP contribution < -0.4 is 10.1 Å². The van der Waals surface area contributed by atoms with Gasteiger partial charge in [0.25, 0.3) is 0 Å². The Kier molecular flexibility index (Phi) is 3.96. The first-order chi connectivity index (χ1) is 8.33. The van der Waals surface area contributed by atoms with Crippen molar-refractivity contribution in [2.75, 3.05) is 18.5 Å². The third kappa shape index (κ3) is 3.44. The van der Waals surface area contributed by atoms with Crippen LogP contribution in [0.2, 0.25) is 0 Å². The third-order valence-electron chi connectivity index (χ3n) is 2.58. The van der Waals surface area contributed by atoms with E-state index in [4.69, 9.17) is 4.74 Å². The molecule has 0 aliphatic heterocycles. The maximum absolute atomic E-state index is 5.57. The molecule has 92 valence electrons. The molecule has 0 amide bonds. The van der Waals surface area contributed by atoms with Gasteiger partial charge < -0.3 is 10.1 Å². The Bertz CT molecular complexity index is 400. The molecular formula is C13H19N3O. The van der Waals surface area contributed by atoms with Gasteiger partial charge in [-0.3, -0.25) is 0 Å². The lowest BCUT2D eigenvalue weighted by Crippen LogP contribution is -2.05. The summed E-state index contributed by atoms with van der Waals surface area (Å²) in [6, 6.07) is 1.86. The zero-order valence-corrected chi connectivity index (χ0v) is 10.4. The Morgan fingerprint density at radius 3 is 2.94 bits per heavy atom. The largest absolute Gasteiger partial charge is 0.473 e. The van der Waals surface area contributed by atoms with Gasteiger partial charge in [-0.15, -0.1) is 0 Å². The molecule has 0 unspecified atom stereocenters. The number of allylic oxidation sites excluding steroid dienone is 1. The number of rotatable bonds is 6. The maximum atomic E-state index is 5.57. The summed E-state index contributed by atoms with van der Waals surface area (Å²) in [4.78, 5) is 8.94. The molecule has 1 saturated carbocycles. The molecule has 1 aliphatic rings. The van der Waals surface area contributed by atoms with Crippen LogP contribution in [-0.4, -0.2) is 23.1 Å². The maximum Gasteiger partial charge on any atom is 0.219 e. The van der Waals surface area contributed by atoms with E-state index in [9.17, 15) is 0 Å². The summed E-state index contributed by atoms with van der Waals surface area (Å²) >= 11 is 0. The van der Waals surface area contributed by atoms with Crippen LogP contribution >= 0.6 is 0 Å². The van der Waals surface area contributed by atoms with E-state index in [0.717, 1.165) is 18.2 Å². The zero-order chi connectivity index (χ0) is 12.1. The fraction of sp³-hybridized carbons (Fsp3) is 0.538. The van der Waals surface area contributed by atoms with Gasteiger partial charge in [-0.25, -0.2) is 4.98 Å². The molecule has 4 nitrogen and oxygen atoms in total. The number of anilines is 1. The molecule has 0 bridgehead atoms. The predicted molar refractivity (Wildman–Crippen MR) is 68.5 cm³/mol. The highest BCUT2D eigenvalue weighted by Gasteiger charge is 2.27. The number of nitrogens with zero attached hydrogens (tertiary/aromatic N) is 2. The van der Waals surface area contributed by atoms with Crippen molar-refractivity contribution in [3.05, 3.63) is 24.0 Å². The van der Waals surface area contributed by atoms with Crippen molar-refractivity contribution in [3.8, 4) is 5.88 Å². The Labute approximate surface area is 102 Å². The third-order valence-corrected chi connectivity index (χ3v) is 2.58. The van der Waals surface area contributed by atoms with Crippen molar-refractivity contribution in [1.82, 2.24) is 9.97 Å². The second kappa shape index (κ2) is 5.66. The van der Waals surface area contributed by atoms with Crippen LogP contribution in [-0.2, 0) is 0 Å². The predicted octanol–water partition coefficient (Wildman–Crippen LogP) is 2.74. The lowest BCUT2D eigenvalue weighted by atomic mass is 10.4. The minimum Gasteiger partial charge on any atom is -0.473 e. The van der Waals surface area contributed by atoms with Crippen LogP contribution in [0.15, 0.2) is 18.2 Å². The summed E-state index contributed by atoms with van der Waals surface area (Å²) in [5.41, 5.74) is 0. The number of hydrogen-bond donors (Lipinski definition) is 1. The average Bonchev–Trinajstić information content (AvgIpc) is 3.13. The van der Waals surface area contributed by atoms with Gasteiger partial charge >= 0.3 is 0 Å². The molecule has 1 aliphatic carbocycles. The van der Waals surface area contributed by atoms with Gasteiger partial charge in [-0.1, -0.05) is 12.2 Å². The Morgan fingerprint density at radius 1 is 1.47 bits per heavy atom. The lowest BCUT2D eigenvalue weighted by Gasteiger charge is -2.08. The number of hydrogen-bond acceptors (Lipinski definition) is 4. The van der Waals surface area contributed by atoms with E-state index in [-0.39, 0.29) is 0 Å². The molecule has 1 fully saturated rings. The highest BCUT2D eigenvalue weighted by Crippen LogP contribution is 2.39. The molecule has 0 aromatic carbocycles. The van der Waals surface area contributed by atoms with Crippen LogP contribution in [0.4, 0.5) is 5.82 Å². The normalized spacial score (nSPS) is 15.2. The molecule has 0 saturated heterocycles. The van der Waals surface area contributed by atoms with E-state index in [1.165, 1.54) is 12.8 Å². The Hall–Kier alpha value is -1.58. The molecule has 1 N–H and O–H groups in total. The second-order valence-corrected chi connectivity index (χ2v) is 4.13. The fourth-order valence-electron chi connectivity index (χ4n) is 1.54. The number of aromatic nitrogens is 2. The van der Waals surface area contributed by atoms with E-state index in [1.54, 1.807) is 0 Å². The van der Waals surface area contributed by atoms with Crippen molar-refractivity contribution in [3.63, 3.8) is 0 Å². The van der Waals surface area contributed by atoms with Crippen molar-refractivity contribution in [2.45, 2.75) is 32.6 Å². The Balaban J connectivity index is 2.11. The number of nitrogens with one attached hydrogen (secondary N) is 1. The van der Waals surface area contributed by atoms with Crippen molar-refractivity contribution in [1.29, 1.82) is 0 Å². The first-order valence-corrected chi connectivity index (χ1v) is 6.20. The van der Waals surface area contributed by atoms with Crippen LogP contribution in [0.1, 0.15) is 38.4 Å². The van der Waals surface area contributed by atoms with Gasteiger partial charge in [0, 0.05) is 18.5 Å². The molecule has 4 heteroatoms. The fourth-order valence-corrected chi connectivity index (χ4v) is 1.54. The standard InChI is InChI=1S/C13H19N3O/c1-3-5-8-17-12-9-11(14-4-2)15-13(16-12)10-6-7-10/h3,5,9-10H,4,6-8H2,1-2H3,(H,14,15,16)/b5-3+. The average molecular weight is 233 g/mol. The minimum atomic E-state index is 0.540. The molecule has 1 heterocycles. The van der Waals surface area contributed by atoms with Gasteiger partial charge in [0.2, 0.25) is 5.88 Å². The number of ether oxygens (including phenoxy) is 1. The van der Waals surface area contributed by atoms with Crippen molar-refractivity contribution >= 4 is 5.82 Å². The highest BCUT2D eigenvalue weighted by molar-refractivity contribution is 5.39. The molecule has 17 heavy (non-hydrogen) atoms. The topological polar surface area (TPSA) is 47.0 Å². The SMILES string of the molecule is C/C=C/COc1cc(NCC)nc(C2CC2)n1. The molecule has 1 aromatic heterocycles. The van der Waals surface area contributed by atoms with Gasteiger partial charge in [0.15, 0.2) is 0 Å². The molecular weight excluding hydrogens is 214 g/mol. The van der Waals surface area contributed by atoms with Crippen LogP contribution in [0.3, 0.4) is 0 Å². The minimum absolute atomic E-state index is 0.540. The lowest BCUT2D eigenvalue weighted by molar-refractivity contribution is 0.346. The van der Waals surface area contributed by atoms with E-state index >= 15 is 0 Å². The monoisotopic (exact) mass is 233 g/mol. The van der Waals surface area contributed by atoms with Crippen LogP contribution in [0.25, 0.3) is 0 Å². The summed E-state index contributed by atoms with van der Waals surface area (Å²) in [6.45, 7) is 5.45.